The number of rotatable bonds is 2. The first-order chi connectivity index (χ1) is 5.76. The van der Waals surface area contributed by atoms with Crippen molar-refractivity contribution < 1.29 is 9.90 Å². The van der Waals surface area contributed by atoms with Gasteiger partial charge in [-0.15, -0.1) is 0 Å². The summed E-state index contributed by atoms with van der Waals surface area (Å²) in [4.78, 5) is 11.1. The van der Waals surface area contributed by atoms with Gasteiger partial charge < -0.3 is 5.11 Å². The van der Waals surface area contributed by atoms with Gasteiger partial charge in [0.05, 0.1) is 5.41 Å². The predicted octanol–water partition coefficient (Wildman–Crippen LogP) is 2.14. The Morgan fingerprint density at radius 3 is 2.50 bits per heavy atom. The summed E-state index contributed by atoms with van der Waals surface area (Å²) in [6.07, 6.45) is 5.28. The molecule has 2 nitrogen and oxygen atoms in total. The molecule has 1 saturated carbocycles. The minimum absolute atomic E-state index is 0.318. The summed E-state index contributed by atoms with van der Waals surface area (Å²) >= 11 is 1.87. The molecule has 1 unspecified atom stereocenters. The number of hydrogen-bond donors (Lipinski definition) is 1. The van der Waals surface area contributed by atoms with E-state index in [9.17, 15) is 4.79 Å². The maximum Gasteiger partial charge on any atom is 0.310 e. The molecule has 12 heavy (non-hydrogen) atoms. The number of thioether (sulfide) groups is 1. The van der Waals surface area contributed by atoms with E-state index in [0.29, 0.717) is 5.25 Å². The van der Waals surface area contributed by atoms with Gasteiger partial charge in [0.15, 0.2) is 0 Å². The van der Waals surface area contributed by atoms with Crippen LogP contribution >= 0.6 is 11.8 Å². The average molecular weight is 186 g/mol. The molecule has 2 rings (SSSR count). The molecule has 3 heteroatoms. The summed E-state index contributed by atoms with van der Waals surface area (Å²) in [5.41, 5.74) is -0.318. The van der Waals surface area contributed by atoms with Gasteiger partial charge in [-0.25, -0.2) is 0 Å². The topological polar surface area (TPSA) is 37.3 Å². The largest absolute Gasteiger partial charge is 0.481 e. The highest BCUT2D eigenvalue weighted by molar-refractivity contribution is 8.00. The second-order valence-electron chi connectivity index (χ2n) is 3.82. The molecule has 0 aromatic carbocycles. The van der Waals surface area contributed by atoms with Crippen LogP contribution in [-0.2, 0) is 4.79 Å². The SMILES string of the molecule is O=C(O)C1(C2CCCS2)CCC1. The zero-order chi connectivity index (χ0) is 8.60. The number of hydrogen-bond acceptors (Lipinski definition) is 2. The highest BCUT2D eigenvalue weighted by Gasteiger charge is 2.51. The number of carboxylic acid groups (broad SMARTS) is 1. The standard InChI is InChI=1S/C9H14O2S/c10-8(11)9(4-2-5-9)7-3-1-6-12-7/h7H,1-6H2,(H,10,11). The monoisotopic (exact) mass is 186 g/mol. The zero-order valence-corrected chi connectivity index (χ0v) is 7.90. The van der Waals surface area contributed by atoms with Crippen molar-refractivity contribution in [1.29, 1.82) is 0 Å². The van der Waals surface area contributed by atoms with Gasteiger partial charge in [0.1, 0.15) is 0 Å². The molecule has 0 amide bonds. The summed E-state index contributed by atoms with van der Waals surface area (Å²) in [5.74, 6) is 0.618. The van der Waals surface area contributed by atoms with E-state index < -0.39 is 5.97 Å². The first-order valence-electron chi connectivity index (χ1n) is 4.61. The Kier molecular flexibility index (Phi) is 2.07. The maximum atomic E-state index is 11.1. The van der Waals surface area contributed by atoms with Gasteiger partial charge in [-0.1, -0.05) is 6.42 Å². The lowest BCUT2D eigenvalue weighted by Gasteiger charge is -2.42. The van der Waals surface area contributed by atoms with Gasteiger partial charge in [-0.05, 0) is 31.4 Å². The normalized spacial score (nSPS) is 32.8. The van der Waals surface area contributed by atoms with Crippen molar-refractivity contribution >= 4 is 17.7 Å². The van der Waals surface area contributed by atoms with Crippen LogP contribution in [0.25, 0.3) is 0 Å². The van der Waals surface area contributed by atoms with Gasteiger partial charge in [0.2, 0.25) is 0 Å². The molecule has 0 radical (unpaired) electrons. The Hall–Kier alpha value is -0.180. The Bertz CT molecular complexity index is 193. The van der Waals surface area contributed by atoms with Crippen LogP contribution in [-0.4, -0.2) is 22.1 Å². The quantitative estimate of drug-likeness (QED) is 0.718. The van der Waals surface area contributed by atoms with Crippen LogP contribution in [0.5, 0.6) is 0 Å². The van der Waals surface area contributed by atoms with Crippen molar-refractivity contribution in [1.82, 2.24) is 0 Å². The van der Waals surface area contributed by atoms with E-state index in [1.807, 2.05) is 11.8 Å². The third kappa shape index (κ3) is 1.06. The van der Waals surface area contributed by atoms with Crippen molar-refractivity contribution in [3.63, 3.8) is 0 Å². The maximum absolute atomic E-state index is 11.1. The predicted molar refractivity (Wildman–Crippen MR) is 49.4 cm³/mol. The van der Waals surface area contributed by atoms with Crippen LogP contribution in [0.2, 0.25) is 0 Å². The van der Waals surface area contributed by atoms with E-state index in [4.69, 9.17) is 5.11 Å². The molecule has 0 bridgehead atoms. The summed E-state index contributed by atoms with van der Waals surface area (Å²) in [7, 11) is 0. The molecule has 1 saturated heterocycles. The van der Waals surface area contributed by atoms with Gasteiger partial charge >= 0.3 is 5.97 Å². The highest BCUT2D eigenvalue weighted by atomic mass is 32.2. The van der Waals surface area contributed by atoms with Gasteiger partial charge in [-0.2, -0.15) is 11.8 Å². The van der Waals surface area contributed by atoms with Crippen LogP contribution in [0.15, 0.2) is 0 Å². The first-order valence-corrected chi connectivity index (χ1v) is 5.65. The van der Waals surface area contributed by atoms with Crippen molar-refractivity contribution in [2.24, 2.45) is 5.41 Å². The van der Waals surface area contributed by atoms with E-state index in [-0.39, 0.29) is 5.41 Å². The molecule has 68 valence electrons. The van der Waals surface area contributed by atoms with Gasteiger partial charge in [-0.3, -0.25) is 4.79 Å². The minimum Gasteiger partial charge on any atom is -0.481 e. The molecule has 0 spiro atoms. The molecular formula is C9H14O2S. The van der Waals surface area contributed by atoms with E-state index in [1.54, 1.807) is 0 Å². The molecule has 1 atom stereocenters. The molecular weight excluding hydrogens is 172 g/mol. The highest BCUT2D eigenvalue weighted by Crippen LogP contribution is 2.52. The third-order valence-electron chi connectivity index (χ3n) is 3.22. The first kappa shape index (κ1) is 8.42. The lowest BCUT2D eigenvalue weighted by Crippen LogP contribution is -2.45. The fourth-order valence-electron chi connectivity index (χ4n) is 2.24. The molecule has 0 aromatic rings. The lowest BCUT2D eigenvalue weighted by atomic mass is 9.65. The number of aliphatic carboxylic acids is 1. The summed E-state index contributed by atoms with van der Waals surface area (Å²) in [6, 6.07) is 0. The van der Waals surface area contributed by atoms with Crippen LogP contribution in [0.4, 0.5) is 0 Å². The van der Waals surface area contributed by atoms with E-state index in [2.05, 4.69) is 0 Å². The number of carbonyl (C=O) groups is 1. The van der Waals surface area contributed by atoms with Crippen LogP contribution < -0.4 is 0 Å². The Labute approximate surface area is 76.7 Å². The van der Waals surface area contributed by atoms with Gasteiger partial charge in [0.25, 0.3) is 0 Å². The summed E-state index contributed by atoms with van der Waals surface area (Å²) in [5, 5.41) is 9.55. The molecule has 1 heterocycles. The Balaban J connectivity index is 2.10. The van der Waals surface area contributed by atoms with Crippen LogP contribution in [0, 0.1) is 5.41 Å². The van der Waals surface area contributed by atoms with Crippen LogP contribution in [0.1, 0.15) is 32.1 Å². The second-order valence-corrected chi connectivity index (χ2v) is 5.13. The molecule has 2 aliphatic rings. The summed E-state index contributed by atoms with van der Waals surface area (Å²) < 4.78 is 0. The lowest BCUT2D eigenvalue weighted by molar-refractivity contribution is -0.154. The van der Waals surface area contributed by atoms with E-state index in [0.717, 1.165) is 25.7 Å². The summed E-state index contributed by atoms with van der Waals surface area (Å²) in [6.45, 7) is 0. The average Bonchev–Trinajstić information content (AvgIpc) is 2.35. The minimum atomic E-state index is -0.548. The van der Waals surface area contributed by atoms with E-state index >= 15 is 0 Å². The van der Waals surface area contributed by atoms with Crippen LogP contribution in [0.3, 0.4) is 0 Å². The molecule has 0 aromatic heterocycles. The molecule has 1 aliphatic heterocycles. The Morgan fingerprint density at radius 2 is 2.17 bits per heavy atom. The molecule has 1 N–H and O–H groups in total. The third-order valence-corrected chi connectivity index (χ3v) is 4.83. The van der Waals surface area contributed by atoms with Crippen molar-refractivity contribution in [3.05, 3.63) is 0 Å². The smallest absolute Gasteiger partial charge is 0.310 e. The Morgan fingerprint density at radius 1 is 1.42 bits per heavy atom. The fourth-order valence-corrected chi connectivity index (χ4v) is 3.85. The number of carboxylic acids is 1. The molecule has 2 fully saturated rings. The second kappa shape index (κ2) is 2.95. The molecule has 1 aliphatic carbocycles. The van der Waals surface area contributed by atoms with Crippen molar-refractivity contribution in [3.8, 4) is 0 Å². The van der Waals surface area contributed by atoms with Gasteiger partial charge in [0, 0.05) is 5.25 Å². The van der Waals surface area contributed by atoms with E-state index in [1.165, 1.54) is 12.2 Å². The van der Waals surface area contributed by atoms with Crippen molar-refractivity contribution in [2.75, 3.05) is 5.75 Å². The zero-order valence-electron chi connectivity index (χ0n) is 7.08. The van der Waals surface area contributed by atoms with Crippen molar-refractivity contribution in [2.45, 2.75) is 37.4 Å². The fraction of sp³-hybridized carbons (Fsp3) is 0.889.